The molecule has 0 amide bonds. The Morgan fingerprint density at radius 1 is 1.43 bits per heavy atom. The molecule has 1 heterocycles. The quantitative estimate of drug-likeness (QED) is 0.877. The van der Waals surface area contributed by atoms with Crippen LogP contribution in [0, 0.1) is 5.82 Å². The first-order chi connectivity index (χ1) is 10.1. The maximum absolute atomic E-state index is 14.4. The van der Waals surface area contributed by atoms with E-state index >= 15 is 0 Å². The summed E-state index contributed by atoms with van der Waals surface area (Å²) in [6, 6.07) is 5.96. The summed E-state index contributed by atoms with van der Waals surface area (Å²) >= 11 is 2.01. The van der Waals surface area contributed by atoms with E-state index in [9.17, 15) is 4.39 Å². The number of thioether (sulfide) groups is 1. The lowest BCUT2D eigenvalue weighted by atomic mass is 10.0. The van der Waals surface area contributed by atoms with Crippen LogP contribution in [0.25, 0.3) is 0 Å². The maximum atomic E-state index is 14.4. The Labute approximate surface area is 132 Å². The number of nitrogens with zero attached hydrogens (tertiary/aromatic N) is 1. The van der Waals surface area contributed by atoms with Gasteiger partial charge in [0.15, 0.2) is 0 Å². The van der Waals surface area contributed by atoms with E-state index in [2.05, 4.69) is 44.0 Å². The smallest absolute Gasteiger partial charge is 0.130 e. The summed E-state index contributed by atoms with van der Waals surface area (Å²) < 4.78 is 14.4. The highest BCUT2D eigenvalue weighted by Gasteiger charge is 2.28. The van der Waals surface area contributed by atoms with Gasteiger partial charge in [0.25, 0.3) is 0 Å². The Morgan fingerprint density at radius 2 is 2.19 bits per heavy atom. The third-order valence-corrected chi connectivity index (χ3v) is 5.69. The van der Waals surface area contributed by atoms with Crippen molar-refractivity contribution in [2.75, 3.05) is 23.7 Å². The van der Waals surface area contributed by atoms with Crippen LogP contribution in [0.1, 0.15) is 45.7 Å². The van der Waals surface area contributed by atoms with Crippen molar-refractivity contribution >= 4 is 17.4 Å². The van der Waals surface area contributed by atoms with Crippen LogP contribution in [-0.4, -0.2) is 30.1 Å². The van der Waals surface area contributed by atoms with Crippen LogP contribution in [-0.2, 0) is 0 Å². The summed E-state index contributed by atoms with van der Waals surface area (Å²) in [6.07, 6.45) is 1.06. The molecule has 1 aromatic carbocycles. The van der Waals surface area contributed by atoms with Crippen molar-refractivity contribution in [3.05, 3.63) is 29.6 Å². The zero-order valence-corrected chi connectivity index (χ0v) is 14.3. The van der Waals surface area contributed by atoms with E-state index in [1.807, 2.05) is 17.8 Å². The number of nitrogens with one attached hydrogen (secondary N) is 1. The van der Waals surface area contributed by atoms with Crippen LogP contribution in [0.5, 0.6) is 0 Å². The number of halogens is 1. The lowest BCUT2D eigenvalue weighted by Gasteiger charge is -2.40. The molecule has 0 aliphatic carbocycles. The molecular formula is C17H27FN2S. The molecule has 1 aromatic rings. The lowest BCUT2D eigenvalue weighted by Crippen LogP contribution is -2.45. The summed E-state index contributed by atoms with van der Waals surface area (Å²) in [6.45, 7) is 10.6. The second-order valence-electron chi connectivity index (χ2n) is 5.86. The van der Waals surface area contributed by atoms with Crippen LogP contribution in [0.3, 0.4) is 0 Å². The minimum absolute atomic E-state index is 0.0400. The topological polar surface area (TPSA) is 15.3 Å². The number of hydrogen-bond donors (Lipinski definition) is 1. The minimum Gasteiger partial charge on any atom is -0.367 e. The third kappa shape index (κ3) is 3.72. The molecule has 3 atom stereocenters. The summed E-state index contributed by atoms with van der Waals surface area (Å²) in [5, 5.41) is 4.00. The van der Waals surface area contributed by atoms with Crippen molar-refractivity contribution in [1.82, 2.24) is 5.32 Å². The molecule has 0 saturated carbocycles. The largest absolute Gasteiger partial charge is 0.367 e. The highest BCUT2D eigenvalue weighted by molar-refractivity contribution is 8.00. The predicted octanol–water partition coefficient (Wildman–Crippen LogP) is 4.22. The van der Waals surface area contributed by atoms with Crippen molar-refractivity contribution in [3.63, 3.8) is 0 Å². The predicted molar refractivity (Wildman–Crippen MR) is 91.8 cm³/mol. The number of rotatable bonds is 5. The first-order valence-electron chi connectivity index (χ1n) is 7.96. The Balaban J connectivity index is 2.32. The van der Waals surface area contributed by atoms with E-state index in [1.165, 1.54) is 0 Å². The average molecular weight is 310 g/mol. The van der Waals surface area contributed by atoms with Gasteiger partial charge in [0.2, 0.25) is 0 Å². The Bertz CT molecular complexity index is 466. The molecule has 1 N–H and O–H groups in total. The second-order valence-corrected chi connectivity index (χ2v) is 7.34. The van der Waals surface area contributed by atoms with E-state index in [4.69, 9.17) is 0 Å². The molecular weight excluding hydrogens is 283 g/mol. The van der Waals surface area contributed by atoms with Gasteiger partial charge in [-0.05, 0) is 38.9 Å². The molecule has 0 aromatic heterocycles. The van der Waals surface area contributed by atoms with Crippen LogP contribution in [0.2, 0.25) is 0 Å². The van der Waals surface area contributed by atoms with Crippen molar-refractivity contribution in [2.24, 2.45) is 0 Å². The van der Waals surface area contributed by atoms with Gasteiger partial charge in [-0.1, -0.05) is 19.9 Å². The standard InChI is InChI=1S/C17H27FN2S/c1-5-9-19-12(2)17-15(18)7-6-8-16(17)20-10-11-21-14(4)13(20)3/h6-8,12-14,19H,5,9-11H2,1-4H3. The van der Waals surface area contributed by atoms with Crippen LogP contribution < -0.4 is 10.2 Å². The molecule has 2 nitrogen and oxygen atoms in total. The summed E-state index contributed by atoms with van der Waals surface area (Å²) in [5.74, 6) is 1.01. The van der Waals surface area contributed by atoms with Crippen molar-refractivity contribution < 1.29 is 4.39 Å². The molecule has 4 heteroatoms. The number of anilines is 1. The Kier molecular flexibility index (Phi) is 5.94. The first-order valence-corrected chi connectivity index (χ1v) is 9.01. The van der Waals surface area contributed by atoms with E-state index in [0.29, 0.717) is 11.3 Å². The molecule has 21 heavy (non-hydrogen) atoms. The fourth-order valence-electron chi connectivity index (χ4n) is 2.94. The molecule has 2 rings (SSSR count). The molecule has 118 valence electrons. The zero-order valence-electron chi connectivity index (χ0n) is 13.5. The van der Waals surface area contributed by atoms with Crippen molar-refractivity contribution in [1.29, 1.82) is 0 Å². The lowest BCUT2D eigenvalue weighted by molar-refractivity contribution is 0.522. The highest BCUT2D eigenvalue weighted by atomic mass is 32.2. The number of benzene rings is 1. The summed E-state index contributed by atoms with van der Waals surface area (Å²) in [5.41, 5.74) is 1.88. The van der Waals surface area contributed by atoms with Gasteiger partial charge in [-0.3, -0.25) is 0 Å². The Hall–Kier alpha value is -0.740. The van der Waals surface area contributed by atoms with Crippen LogP contribution in [0.15, 0.2) is 18.2 Å². The molecule has 1 fully saturated rings. The molecule has 1 aliphatic rings. The molecule has 3 unspecified atom stereocenters. The zero-order chi connectivity index (χ0) is 15.4. The van der Waals surface area contributed by atoms with Gasteiger partial charge in [-0.15, -0.1) is 0 Å². The Morgan fingerprint density at radius 3 is 2.90 bits per heavy atom. The molecule has 0 bridgehead atoms. The minimum atomic E-state index is -0.0957. The van der Waals surface area contributed by atoms with Gasteiger partial charge in [0, 0.05) is 40.9 Å². The third-order valence-electron chi connectivity index (χ3n) is 4.36. The molecule has 1 saturated heterocycles. The van der Waals surface area contributed by atoms with Crippen molar-refractivity contribution in [3.8, 4) is 0 Å². The van der Waals surface area contributed by atoms with Crippen LogP contribution in [0.4, 0.5) is 10.1 Å². The molecule has 0 radical (unpaired) electrons. The van der Waals surface area contributed by atoms with E-state index in [-0.39, 0.29) is 11.9 Å². The highest BCUT2D eigenvalue weighted by Crippen LogP contribution is 2.34. The van der Waals surface area contributed by atoms with E-state index in [1.54, 1.807) is 6.07 Å². The fourth-order valence-corrected chi connectivity index (χ4v) is 4.04. The second kappa shape index (κ2) is 7.50. The monoisotopic (exact) mass is 310 g/mol. The normalized spacial score (nSPS) is 24.1. The van der Waals surface area contributed by atoms with Gasteiger partial charge in [0.1, 0.15) is 5.82 Å². The van der Waals surface area contributed by atoms with Gasteiger partial charge in [-0.25, -0.2) is 4.39 Å². The van der Waals surface area contributed by atoms with Gasteiger partial charge >= 0.3 is 0 Å². The van der Waals surface area contributed by atoms with E-state index in [0.717, 1.165) is 36.5 Å². The summed E-state index contributed by atoms with van der Waals surface area (Å²) in [4.78, 5) is 2.38. The van der Waals surface area contributed by atoms with Gasteiger partial charge in [-0.2, -0.15) is 11.8 Å². The van der Waals surface area contributed by atoms with Crippen LogP contribution >= 0.6 is 11.8 Å². The number of hydrogen-bond acceptors (Lipinski definition) is 3. The van der Waals surface area contributed by atoms with Gasteiger partial charge < -0.3 is 10.2 Å². The molecule has 1 aliphatic heterocycles. The summed E-state index contributed by atoms with van der Waals surface area (Å²) in [7, 11) is 0. The fraction of sp³-hybridized carbons (Fsp3) is 0.647. The molecule has 0 spiro atoms. The maximum Gasteiger partial charge on any atom is 0.130 e. The SMILES string of the molecule is CCCNC(C)c1c(F)cccc1N1CCSC(C)C1C. The van der Waals surface area contributed by atoms with Gasteiger partial charge in [0.05, 0.1) is 0 Å². The van der Waals surface area contributed by atoms with Crippen molar-refractivity contribution in [2.45, 2.75) is 51.4 Å². The first kappa shape index (κ1) is 16.6. The average Bonchev–Trinajstić information content (AvgIpc) is 2.47. The van der Waals surface area contributed by atoms with E-state index < -0.39 is 0 Å².